The molecule has 0 aliphatic carbocycles. The summed E-state index contributed by atoms with van der Waals surface area (Å²) >= 11 is 1.82. The van der Waals surface area contributed by atoms with Crippen molar-refractivity contribution in [2.45, 2.75) is 18.9 Å². The minimum atomic E-state index is -0.0565. The van der Waals surface area contributed by atoms with E-state index in [-0.39, 0.29) is 24.3 Å². The lowest BCUT2D eigenvalue weighted by Gasteiger charge is -2.35. The largest absolute Gasteiger partial charge is 0.497 e. The van der Waals surface area contributed by atoms with Crippen molar-refractivity contribution < 1.29 is 19.1 Å². The third kappa shape index (κ3) is 6.16. The highest BCUT2D eigenvalue weighted by molar-refractivity contribution is 7.99. The first-order chi connectivity index (χ1) is 14.6. The van der Waals surface area contributed by atoms with E-state index in [1.165, 1.54) is 0 Å². The van der Waals surface area contributed by atoms with Gasteiger partial charge in [-0.2, -0.15) is 11.8 Å². The average Bonchev–Trinajstić information content (AvgIpc) is 2.78. The van der Waals surface area contributed by atoms with E-state index in [1.807, 2.05) is 65.2 Å². The highest BCUT2D eigenvalue weighted by atomic mass is 32.2. The first-order valence-corrected chi connectivity index (χ1v) is 11.1. The number of rotatable bonds is 8. The van der Waals surface area contributed by atoms with Crippen LogP contribution in [0.4, 0.5) is 0 Å². The van der Waals surface area contributed by atoms with Crippen LogP contribution in [0.15, 0.2) is 48.5 Å². The summed E-state index contributed by atoms with van der Waals surface area (Å²) in [6.07, 6.45) is 0.616. The molecule has 3 rings (SSSR count). The second kappa shape index (κ2) is 10.9. The van der Waals surface area contributed by atoms with Crippen molar-refractivity contribution in [2.24, 2.45) is 0 Å². The fraction of sp³-hybridized carbons (Fsp3) is 0.391. The van der Waals surface area contributed by atoms with Gasteiger partial charge in [-0.1, -0.05) is 24.3 Å². The van der Waals surface area contributed by atoms with Gasteiger partial charge in [0, 0.05) is 24.6 Å². The van der Waals surface area contributed by atoms with Crippen LogP contribution >= 0.6 is 11.8 Å². The molecule has 160 valence electrons. The van der Waals surface area contributed by atoms with Crippen LogP contribution in [0.25, 0.3) is 0 Å². The van der Waals surface area contributed by atoms with Crippen molar-refractivity contribution in [1.82, 2.24) is 10.2 Å². The molecule has 2 amide bonds. The number of nitrogens with one attached hydrogen (secondary N) is 1. The Balaban J connectivity index is 1.55. The number of carbonyl (C=O) groups excluding carboxylic acids is 2. The zero-order valence-electron chi connectivity index (χ0n) is 17.4. The molecule has 1 aliphatic heterocycles. The number of thioether (sulfide) groups is 1. The molecule has 1 N–H and O–H groups in total. The fourth-order valence-corrected chi connectivity index (χ4v) is 4.54. The Morgan fingerprint density at radius 1 is 1.03 bits per heavy atom. The van der Waals surface area contributed by atoms with Gasteiger partial charge in [-0.05, 0) is 35.4 Å². The lowest BCUT2D eigenvalue weighted by molar-refractivity contribution is -0.132. The second-order valence-corrected chi connectivity index (χ2v) is 8.33. The van der Waals surface area contributed by atoms with Crippen LogP contribution in [0.3, 0.4) is 0 Å². The summed E-state index contributed by atoms with van der Waals surface area (Å²) in [5.74, 6) is 3.24. The molecule has 1 heterocycles. The number of benzene rings is 2. The van der Waals surface area contributed by atoms with E-state index in [4.69, 9.17) is 9.47 Å². The molecule has 1 fully saturated rings. The van der Waals surface area contributed by atoms with E-state index >= 15 is 0 Å². The summed E-state index contributed by atoms with van der Waals surface area (Å²) < 4.78 is 10.5. The Labute approximate surface area is 181 Å². The van der Waals surface area contributed by atoms with Crippen LogP contribution < -0.4 is 14.8 Å². The average molecular weight is 429 g/mol. The smallest absolute Gasteiger partial charge is 0.227 e. The Hall–Kier alpha value is -2.67. The zero-order valence-corrected chi connectivity index (χ0v) is 18.2. The van der Waals surface area contributed by atoms with E-state index in [1.54, 1.807) is 14.2 Å². The standard InChI is InChI=1S/C23H28N2O4S/c1-28-20-7-3-5-17(11-20)13-22(26)24-15-19-16-30-10-9-25(19)23(27)14-18-6-4-8-21(12-18)29-2/h3-8,11-12,19H,9-10,13-16H2,1-2H3,(H,24,26)/t19-/m0/s1. The number of hydrogen-bond acceptors (Lipinski definition) is 5. The number of nitrogens with zero attached hydrogens (tertiary/aromatic N) is 1. The Morgan fingerprint density at radius 3 is 2.30 bits per heavy atom. The summed E-state index contributed by atoms with van der Waals surface area (Å²) in [6.45, 7) is 1.16. The molecule has 0 spiro atoms. The Bertz CT molecular complexity index is 874. The van der Waals surface area contributed by atoms with Gasteiger partial charge in [0.15, 0.2) is 0 Å². The SMILES string of the molecule is COc1cccc(CC(=O)NC[C@H]2CSCCN2C(=O)Cc2cccc(OC)c2)c1. The van der Waals surface area contributed by atoms with E-state index in [0.717, 1.165) is 34.1 Å². The molecular weight excluding hydrogens is 400 g/mol. The first kappa shape index (κ1) is 22.0. The summed E-state index contributed by atoms with van der Waals surface area (Å²) in [4.78, 5) is 27.3. The lowest BCUT2D eigenvalue weighted by atomic mass is 10.1. The molecule has 2 aromatic carbocycles. The van der Waals surface area contributed by atoms with Gasteiger partial charge in [0.25, 0.3) is 0 Å². The number of carbonyl (C=O) groups is 2. The van der Waals surface area contributed by atoms with Crippen LogP contribution in [0.5, 0.6) is 11.5 Å². The highest BCUT2D eigenvalue weighted by Gasteiger charge is 2.27. The highest BCUT2D eigenvalue weighted by Crippen LogP contribution is 2.19. The Morgan fingerprint density at radius 2 is 1.67 bits per heavy atom. The molecule has 7 heteroatoms. The van der Waals surface area contributed by atoms with Gasteiger partial charge < -0.3 is 19.7 Å². The van der Waals surface area contributed by atoms with Gasteiger partial charge in [-0.25, -0.2) is 0 Å². The van der Waals surface area contributed by atoms with Gasteiger partial charge in [-0.15, -0.1) is 0 Å². The van der Waals surface area contributed by atoms with Crippen LogP contribution in [0.1, 0.15) is 11.1 Å². The first-order valence-electron chi connectivity index (χ1n) is 9.99. The maximum atomic E-state index is 12.9. The number of amides is 2. The van der Waals surface area contributed by atoms with Crippen LogP contribution in [0.2, 0.25) is 0 Å². The molecule has 1 saturated heterocycles. The molecule has 0 radical (unpaired) electrons. The van der Waals surface area contributed by atoms with Crippen LogP contribution in [-0.4, -0.2) is 61.6 Å². The van der Waals surface area contributed by atoms with Gasteiger partial charge in [0.1, 0.15) is 11.5 Å². The van der Waals surface area contributed by atoms with Crippen molar-refractivity contribution >= 4 is 23.6 Å². The lowest BCUT2D eigenvalue weighted by Crippen LogP contribution is -2.52. The third-order valence-corrected chi connectivity index (χ3v) is 6.16. The van der Waals surface area contributed by atoms with Crippen molar-refractivity contribution in [1.29, 1.82) is 0 Å². The quantitative estimate of drug-likeness (QED) is 0.700. The summed E-state index contributed by atoms with van der Waals surface area (Å²) in [5.41, 5.74) is 1.83. The number of hydrogen-bond donors (Lipinski definition) is 1. The minimum Gasteiger partial charge on any atom is -0.497 e. The van der Waals surface area contributed by atoms with Crippen LogP contribution in [0, 0.1) is 0 Å². The predicted octanol–water partition coefficient (Wildman–Crippen LogP) is 2.55. The molecule has 30 heavy (non-hydrogen) atoms. The van der Waals surface area contributed by atoms with E-state index < -0.39 is 0 Å². The monoisotopic (exact) mass is 428 g/mol. The molecule has 1 atom stereocenters. The van der Waals surface area contributed by atoms with E-state index in [9.17, 15) is 9.59 Å². The van der Waals surface area contributed by atoms with Gasteiger partial charge in [-0.3, -0.25) is 9.59 Å². The molecule has 1 aliphatic rings. The molecule has 0 unspecified atom stereocenters. The molecule has 0 aromatic heterocycles. The molecule has 0 saturated carbocycles. The second-order valence-electron chi connectivity index (χ2n) is 7.18. The molecule has 6 nitrogen and oxygen atoms in total. The zero-order chi connectivity index (χ0) is 21.3. The maximum absolute atomic E-state index is 12.9. The van der Waals surface area contributed by atoms with Crippen molar-refractivity contribution in [3.05, 3.63) is 59.7 Å². The van der Waals surface area contributed by atoms with Crippen molar-refractivity contribution in [3.63, 3.8) is 0 Å². The maximum Gasteiger partial charge on any atom is 0.227 e. The third-order valence-electron chi connectivity index (χ3n) is 5.07. The van der Waals surface area contributed by atoms with Crippen molar-refractivity contribution in [2.75, 3.05) is 38.8 Å². The topological polar surface area (TPSA) is 67.9 Å². The van der Waals surface area contributed by atoms with Gasteiger partial charge in [0.2, 0.25) is 11.8 Å². The normalized spacial score (nSPS) is 16.1. The Kier molecular flexibility index (Phi) is 8.02. The number of methoxy groups -OCH3 is 2. The van der Waals surface area contributed by atoms with Gasteiger partial charge in [0.05, 0.1) is 33.1 Å². The molecule has 2 aromatic rings. The van der Waals surface area contributed by atoms with Crippen molar-refractivity contribution in [3.8, 4) is 11.5 Å². The minimum absolute atomic E-state index is 0.00360. The number of ether oxygens (including phenoxy) is 2. The predicted molar refractivity (Wildman–Crippen MR) is 119 cm³/mol. The summed E-state index contributed by atoms with van der Waals surface area (Å²) in [7, 11) is 3.23. The fourth-order valence-electron chi connectivity index (χ4n) is 3.47. The van der Waals surface area contributed by atoms with E-state index in [2.05, 4.69) is 5.32 Å². The van der Waals surface area contributed by atoms with E-state index in [0.29, 0.717) is 19.5 Å². The van der Waals surface area contributed by atoms with Crippen LogP contribution in [-0.2, 0) is 22.4 Å². The van der Waals surface area contributed by atoms with Gasteiger partial charge >= 0.3 is 0 Å². The summed E-state index contributed by atoms with van der Waals surface area (Å²) in [6, 6.07) is 15.1. The molecule has 0 bridgehead atoms. The summed E-state index contributed by atoms with van der Waals surface area (Å²) in [5, 5.41) is 3.00. The molecular formula is C23H28N2O4S.